The van der Waals surface area contributed by atoms with Crippen LogP contribution in [0.5, 0.6) is 0 Å². The number of rotatable bonds is 7. The fraction of sp³-hybridized carbons (Fsp3) is 0.938. The Morgan fingerprint density at radius 2 is 2.33 bits per heavy atom. The Labute approximate surface area is 129 Å². The van der Waals surface area contributed by atoms with Crippen LogP contribution in [0.15, 0.2) is 0 Å². The van der Waals surface area contributed by atoms with Gasteiger partial charge >= 0.3 is 0 Å². The molecule has 0 saturated carbocycles. The van der Waals surface area contributed by atoms with Crippen LogP contribution in [0.4, 0.5) is 0 Å². The number of ether oxygens (including phenoxy) is 1. The quantitative estimate of drug-likeness (QED) is 0.764. The maximum Gasteiger partial charge on any atom is 0.236 e. The van der Waals surface area contributed by atoms with E-state index in [1.807, 2.05) is 11.8 Å². The maximum absolute atomic E-state index is 12.5. The lowest BCUT2D eigenvalue weighted by molar-refractivity contribution is -0.139. The van der Waals surface area contributed by atoms with Gasteiger partial charge in [0.2, 0.25) is 5.91 Å². The van der Waals surface area contributed by atoms with Crippen LogP contribution in [0.2, 0.25) is 0 Å². The third-order valence-corrected chi connectivity index (χ3v) is 4.42. The molecule has 2 aliphatic rings. The average molecular weight is 297 g/mol. The van der Waals surface area contributed by atoms with Crippen molar-refractivity contribution in [3.05, 3.63) is 0 Å². The molecule has 1 amide bonds. The Bertz CT molecular complexity index is 319. The normalized spacial score (nSPS) is 26.5. The Morgan fingerprint density at radius 1 is 1.48 bits per heavy atom. The highest BCUT2D eigenvalue weighted by molar-refractivity contribution is 5.78. The number of hydrogen-bond acceptors (Lipinski definition) is 4. The summed E-state index contributed by atoms with van der Waals surface area (Å²) in [7, 11) is 0. The molecule has 2 fully saturated rings. The zero-order chi connectivity index (χ0) is 15.1. The molecule has 1 N–H and O–H groups in total. The number of hydrogen-bond donors (Lipinski definition) is 1. The molecule has 2 heterocycles. The molecule has 0 aromatic heterocycles. The van der Waals surface area contributed by atoms with Crippen LogP contribution in [0.1, 0.15) is 39.5 Å². The summed E-state index contributed by atoms with van der Waals surface area (Å²) in [6.45, 7) is 10.1. The molecule has 122 valence electrons. The van der Waals surface area contributed by atoms with Gasteiger partial charge in [0.1, 0.15) is 0 Å². The van der Waals surface area contributed by atoms with Gasteiger partial charge in [-0.1, -0.05) is 13.3 Å². The van der Waals surface area contributed by atoms with E-state index in [4.69, 9.17) is 4.74 Å². The highest BCUT2D eigenvalue weighted by atomic mass is 16.5. The minimum atomic E-state index is 0.170. The Morgan fingerprint density at radius 3 is 3.00 bits per heavy atom. The molecule has 0 aliphatic carbocycles. The van der Waals surface area contributed by atoms with E-state index < -0.39 is 0 Å². The molecule has 2 unspecified atom stereocenters. The molecule has 0 radical (unpaired) electrons. The van der Waals surface area contributed by atoms with Gasteiger partial charge in [0.15, 0.2) is 0 Å². The lowest BCUT2D eigenvalue weighted by Crippen LogP contribution is -2.49. The molecule has 2 atom stereocenters. The van der Waals surface area contributed by atoms with Crippen molar-refractivity contribution in [1.82, 2.24) is 15.1 Å². The zero-order valence-corrected chi connectivity index (χ0v) is 13.6. The van der Waals surface area contributed by atoms with Crippen LogP contribution in [-0.2, 0) is 9.53 Å². The molecule has 2 saturated heterocycles. The molecule has 5 nitrogen and oxygen atoms in total. The Hall–Kier alpha value is -0.650. The molecule has 0 aromatic rings. The maximum atomic E-state index is 12.5. The van der Waals surface area contributed by atoms with Crippen LogP contribution in [-0.4, -0.2) is 73.7 Å². The van der Waals surface area contributed by atoms with Gasteiger partial charge in [0.05, 0.1) is 19.3 Å². The highest BCUT2D eigenvalue weighted by Gasteiger charge is 2.24. The van der Waals surface area contributed by atoms with Crippen molar-refractivity contribution in [1.29, 1.82) is 0 Å². The first-order valence-electron chi connectivity index (χ1n) is 8.54. The van der Waals surface area contributed by atoms with Crippen LogP contribution >= 0.6 is 0 Å². The molecule has 0 spiro atoms. The van der Waals surface area contributed by atoms with Crippen molar-refractivity contribution in [2.75, 3.05) is 45.9 Å². The van der Waals surface area contributed by atoms with Crippen molar-refractivity contribution in [2.24, 2.45) is 0 Å². The number of unbranched alkanes of at least 4 members (excludes halogenated alkanes) is 1. The second-order valence-electron chi connectivity index (χ2n) is 6.40. The average Bonchev–Trinajstić information content (AvgIpc) is 2.97. The lowest BCUT2D eigenvalue weighted by atomic mass is 10.2. The van der Waals surface area contributed by atoms with E-state index in [0.717, 1.165) is 32.7 Å². The van der Waals surface area contributed by atoms with Gasteiger partial charge in [0.25, 0.3) is 0 Å². The summed E-state index contributed by atoms with van der Waals surface area (Å²) in [5, 5.41) is 3.54. The van der Waals surface area contributed by atoms with E-state index >= 15 is 0 Å². The summed E-state index contributed by atoms with van der Waals surface area (Å²) in [6.07, 6.45) is 5.02. The van der Waals surface area contributed by atoms with Crippen molar-refractivity contribution in [3.8, 4) is 0 Å². The number of nitrogens with one attached hydrogen (secondary N) is 1. The predicted octanol–water partition coefficient (Wildman–Crippen LogP) is 1.09. The third-order valence-electron chi connectivity index (χ3n) is 4.42. The predicted molar refractivity (Wildman–Crippen MR) is 84.4 cm³/mol. The second-order valence-corrected chi connectivity index (χ2v) is 6.40. The Balaban J connectivity index is 1.82. The molecular formula is C16H31N3O2. The van der Waals surface area contributed by atoms with Crippen LogP contribution in [0.25, 0.3) is 0 Å². The smallest absolute Gasteiger partial charge is 0.236 e. The number of morpholine rings is 1. The van der Waals surface area contributed by atoms with Gasteiger partial charge in [-0.3, -0.25) is 9.69 Å². The summed E-state index contributed by atoms with van der Waals surface area (Å²) < 4.78 is 5.52. The number of nitrogens with zero attached hydrogens (tertiary/aromatic N) is 2. The number of amides is 1. The first-order valence-corrected chi connectivity index (χ1v) is 8.54. The first-order chi connectivity index (χ1) is 10.2. The third kappa shape index (κ3) is 5.57. The Kier molecular flexibility index (Phi) is 6.93. The van der Waals surface area contributed by atoms with Gasteiger partial charge in [-0.2, -0.15) is 0 Å². The standard InChI is InChI=1S/C16H31N3O2/c1-3-4-8-18(12-15-6-5-7-17-15)13-16(20)19-9-10-21-14(2)11-19/h14-15,17H,3-13H2,1-2H3. The topological polar surface area (TPSA) is 44.8 Å². The molecule has 21 heavy (non-hydrogen) atoms. The second kappa shape index (κ2) is 8.71. The van der Waals surface area contributed by atoms with Gasteiger partial charge < -0.3 is 15.0 Å². The minimum absolute atomic E-state index is 0.170. The number of carbonyl (C=O) groups excluding carboxylic acids is 1. The van der Waals surface area contributed by atoms with Gasteiger partial charge in [-0.25, -0.2) is 0 Å². The van der Waals surface area contributed by atoms with Crippen molar-refractivity contribution in [2.45, 2.75) is 51.7 Å². The van der Waals surface area contributed by atoms with Crippen LogP contribution in [0.3, 0.4) is 0 Å². The monoisotopic (exact) mass is 297 g/mol. The highest BCUT2D eigenvalue weighted by Crippen LogP contribution is 2.10. The van der Waals surface area contributed by atoms with Gasteiger partial charge in [-0.15, -0.1) is 0 Å². The van der Waals surface area contributed by atoms with Gasteiger partial charge in [0, 0.05) is 25.7 Å². The SMILES string of the molecule is CCCCN(CC(=O)N1CCOC(C)C1)CC1CCCN1. The van der Waals surface area contributed by atoms with E-state index in [0.29, 0.717) is 19.2 Å². The fourth-order valence-electron chi connectivity index (χ4n) is 3.18. The summed E-state index contributed by atoms with van der Waals surface area (Å²) in [6, 6.07) is 0.568. The minimum Gasteiger partial charge on any atom is -0.375 e. The van der Waals surface area contributed by atoms with E-state index in [2.05, 4.69) is 17.1 Å². The van der Waals surface area contributed by atoms with E-state index in [1.54, 1.807) is 0 Å². The molecule has 0 aromatic carbocycles. The van der Waals surface area contributed by atoms with Crippen molar-refractivity contribution < 1.29 is 9.53 Å². The molecule has 2 rings (SSSR count). The largest absolute Gasteiger partial charge is 0.375 e. The lowest BCUT2D eigenvalue weighted by Gasteiger charge is -2.33. The van der Waals surface area contributed by atoms with Crippen molar-refractivity contribution >= 4 is 5.91 Å². The first kappa shape index (κ1) is 16.7. The summed E-state index contributed by atoms with van der Waals surface area (Å²) >= 11 is 0. The number of carbonyl (C=O) groups is 1. The van der Waals surface area contributed by atoms with E-state index in [1.165, 1.54) is 25.7 Å². The van der Waals surface area contributed by atoms with Crippen LogP contribution < -0.4 is 5.32 Å². The van der Waals surface area contributed by atoms with Gasteiger partial charge in [-0.05, 0) is 39.3 Å². The van der Waals surface area contributed by atoms with E-state index in [9.17, 15) is 4.79 Å². The van der Waals surface area contributed by atoms with Crippen molar-refractivity contribution in [3.63, 3.8) is 0 Å². The summed E-state index contributed by atoms with van der Waals surface area (Å²) in [4.78, 5) is 16.8. The molecule has 2 aliphatic heterocycles. The summed E-state index contributed by atoms with van der Waals surface area (Å²) in [5.41, 5.74) is 0. The summed E-state index contributed by atoms with van der Waals surface area (Å²) in [5.74, 6) is 0.263. The fourth-order valence-corrected chi connectivity index (χ4v) is 3.18. The molecule has 5 heteroatoms. The molecular weight excluding hydrogens is 266 g/mol. The van der Waals surface area contributed by atoms with Crippen LogP contribution in [0, 0.1) is 0 Å². The zero-order valence-electron chi connectivity index (χ0n) is 13.6. The van der Waals surface area contributed by atoms with E-state index in [-0.39, 0.29) is 12.0 Å². The molecule has 0 bridgehead atoms.